The number of amides is 1. The largest absolute Gasteiger partial charge is 0.408 e. The van der Waals surface area contributed by atoms with Gasteiger partial charge in [0.2, 0.25) is 5.91 Å². The molecule has 20 heavy (non-hydrogen) atoms. The Morgan fingerprint density at radius 3 is 3.05 bits per heavy atom. The molecule has 0 unspecified atom stereocenters. The predicted molar refractivity (Wildman–Crippen MR) is 64.1 cm³/mol. The van der Waals surface area contributed by atoms with Crippen LogP contribution >= 0.6 is 0 Å². The van der Waals surface area contributed by atoms with Crippen molar-refractivity contribution in [2.75, 3.05) is 18.5 Å². The molecular weight excluding hydrogens is 277 g/mol. The first kappa shape index (κ1) is 14.8. The molecule has 1 aromatic rings. The summed E-state index contributed by atoms with van der Waals surface area (Å²) in [5.41, 5.74) is 0.221. The Hall–Kier alpha value is -1.61. The van der Waals surface area contributed by atoms with E-state index in [2.05, 4.69) is 15.7 Å². The molecule has 0 saturated carbocycles. The number of anilines is 1. The molecule has 0 bridgehead atoms. The van der Waals surface area contributed by atoms with Crippen LogP contribution in [-0.4, -0.2) is 47.2 Å². The molecule has 9 heteroatoms. The standard InChI is InChI=1S/C11H15F3N4O2/c1-7-9(15-2-3-20-7)10(19)17-8-4-16-18(5-8)6-11(12,13)14/h4-5,7,9,15H,2-3,6H2,1H3,(H,17,19)/t7-,9+/m1/s1. The highest BCUT2D eigenvalue weighted by Gasteiger charge is 2.30. The number of ether oxygens (including phenoxy) is 1. The van der Waals surface area contributed by atoms with Gasteiger partial charge in [0.25, 0.3) is 0 Å². The van der Waals surface area contributed by atoms with Crippen molar-refractivity contribution in [1.82, 2.24) is 15.1 Å². The maximum absolute atomic E-state index is 12.2. The minimum absolute atomic E-state index is 0.221. The van der Waals surface area contributed by atoms with E-state index in [1.807, 2.05) is 0 Å². The fourth-order valence-corrected chi connectivity index (χ4v) is 1.95. The number of rotatable bonds is 3. The van der Waals surface area contributed by atoms with Crippen LogP contribution in [0.5, 0.6) is 0 Å². The lowest BCUT2D eigenvalue weighted by atomic mass is 10.1. The zero-order valence-electron chi connectivity index (χ0n) is 10.8. The van der Waals surface area contributed by atoms with E-state index in [-0.39, 0.29) is 17.7 Å². The highest BCUT2D eigenvalue weighted by molar-refractivity contribution is 5.95. The highest BCUT2D eigenvalue weighted by atomic mass is 19.4. The Morgan fingerprint density at radius 1 is 1.65 bits per heavy atom. The van der Waals surface area contributed by atoms with Gasteiger partial charge < -0.3 is 15.4 Å². The van der Waals surface area contributed by atoms with Crippen LogP contribution in [-0.2, 0) is 16.1 Å². The SMILES string of the molecule is C[C@H]1OCCN[C@@H]1C(=O)Nc1cnn(CC(F)(F)F)c1. The van der Waals surface area contributed by atoms with E-state index in [0.29, 0.717) is 13.2 Å². The van der Waals surface area contributed by atoms with Crippen LogP contribution in [0.15, 0.2) is 12.4 Å². The third-order valence-electron chi connectivity index (χ3n) is 2.84. The van der Waals surface area contributed by atoms with Crippen LogP contribution in [0.4, 0.5) is 18.9 Å². The predicted octanol–water partition coefficient (Wildman–Crippen LogP) is 0.761. The Bertz CT molecular complexity index is 474. The first-order valence-electron chi connectivity index (χ1n) is 6.10. The molecule has 2 N–H and O–H groups in total. The van der Waals surface area contributed by atoms with Crippen molar-refractivity contribution in [3.05, 3.63) is 12.4 Å². The fourth-order valence-electron chi connectivity index (χ4n) is 1.95. The smallest absolute Gasteiger partial charge is 0.375 e. The maximum atomic E-state index is 12.2. The molecule has 0 radical (unpaired) electrons. The molecule has 1 fully saturated rings. The van der Waals surface area contributed by atoms with Gasteiger partial charge in [-0.15, -0.1) is 0 Å². The van der Waals surface area contributed by atoms with Gasteiger partial charge in [0.15, 0.2) is 0 Å². The summed E-state index contributed by atoms with van der Waals surface area (Å²) in [5.74, 6) is -0.358. The Kier molecular flexibility index (Phi) is 4.29. The van der Waals surface area contributed by atoms with Crippen molar-refractivity contribution in [2.45, 2.75) is 31.8 Å². The van der Waals surface area contributed by atoms with E-state index in [4.69, 9.17) is 4.74 Å². The molecule has 6 nitrogen and oxygen atoms in total. The van der Waals surface area contributed by atoms with E-state index < -0.39 is 18.8 Å². The van der Waals surface area contributed by atoms with Crippen molar-refractivity contribution in [3.8, 4) is 0 Å². The number of morpholine rings is 1. The van der Waals surface area contributed by atoms with Crippen molar-refractivity contribution < 1.29 is 22.7 Å². The number of halogens is 3. The normalized spacial score (nSPS) is 23.6. The van der Waals surface area contributed by atoms with Crippen LogP contribution in [0.2, 0.25) is 0 Å². The summed E-state index contributed by atoms with van der Waals surface area (Å²) in [5, 5.41) is 9.05. The summed E-state index contributed by atoms with van der Waals surface area (Å²) in [6.45, 7) is 1.64. The summed E-state index contributed by atoms with van der Waals surface area (Å²) < 4.78 is 42.6. The summed E-state index contributed by atoms with van der Waals surface area (Å²) in [6, 6.07) is -0.533. The van der Waals surface area contributed by atoms with Gasteiger partial charge in [-0.05, 0) is 6.92 Å². The Labute approximate surface area is 113 Å². The fraction of sp³-hybridized carbons (Fsp3) is 0.636. The number of nitrogens with one attached hydrogen (secondary N) is 2. The summed E-state index contributed by atoms with van der Waals surface area (Å²) >= 11 is 0. The first-order valence-corrected chi connectivity index (χ1v) is 6.10. The van der Waals surface area contributed by atoms with Gasteiger partial charge in [0.1, 0.15) is 12.6 Å². The van der Waals surface area contributed by atoms with Gasteiger partial charge in [-0.3, -0.25) is 9.48 Å². The molecule has 2 rings (SSSR count). The number of carbonyl (C=O) groups excluding carboxylic acids is 1. The van der Waals surface area contributed by atoms with Crippen LogP contribution in [0.25, 0.3) is 0 Å². The van der Waals surface area contributed by atoms with Crippen molar-refractivity contribution in [1.29, 1.82) is 0 Å². The molecule has 1 amide bonds. The van der Waals surface area contributed by atoms with E-state index in [0.717, 1.165) is 10.9 Å². The molecule has 1 aromatic heterocycles. The second-order valence-corrected chi connectivity index (χ2v) is 4.54. The Morgan fingerprint density at radius 2 is 2.40 bits per heavy atom. The molecule has 1 aliphatic rings. The van der Waals surface area contributed by atoms with Gasteiger partial charge in [-0.1, -0.05) is 0 Å². The monoisotopic (exact) mass is 292 g/mol. The average molecular weight is 292 g/mol. The number of aromatic nitrogens is 2. The lowest BCUT2D eigenvalue weighted by Gasteiger charge is -2.29. The minimum atomic E-state index is -4.35. The van der Waals surface area contributed by atoms with Crippen molar-refractivity contribution >= 4 is 11.6 Å². The molecule has 1 aliphatic heterocycles. The Balaban J connectivity index is 1.94. The van der Waals surface area contributed by atoms with E-state index >= 15 is 0 Å². The second kappa shape index (κ2) is 5.80. The van der Waals surface area contributed by atoms with Crippen molar-refractivity contribution in [2.24, 2.45) is 0 Å². The number of hydrogen-bond acceptors (Lipinski definition) is 4. The molecule has 2 heterocycles. The molecule has 112 valence electrons. The van der Waals surface area contributed by atoms with E-state index in [1.54, 1.807) is 6.92 Å². The molecular formula is C11H15F3N4O2. The third-order valence-corrected chi connectivity index (χ3v) is 2.84. The zero-order valence-corrected chi connectivity index (χ0v) is 10.8. The zero-order chi connectivity index (χ0) is 14.8. The van der Waals surface area contributed by atoms with Crippen LogP contribution in [0.1, 0.15) is 6.92 Å². The topological polar surface area (TPSA) is 68.2 Å². The van der Waals surface area contributed by atoms with Gasteiger partial charge in [0.05, 0.1) is 24.6 Å². The van der Waals surface area contributed by atoms with Gasteiger partial charge in [-0.25, -0.2) is 0 Å². The van der Waals surface area contributed by atoms with Crippen LogP contribution in [0.3, 0.4) is 0 Å². The van der Waals surface area contributed by atoms with Crippen molar-refractivity contribution in [3.63, 3.8) is 0 Å². The summed E-state index contributed by atoms with van der Waals surface area (Å²) in [7, 11) is 0. The number of nitrogens with zero attached hydrogens (tertiary/aromatic N) is 2. The van der Waals surface area contributed by atoms with Gasteiger partial charge in [0, 0.05) is 12.7 Å². The number of hydrogen-bond donors (Lipinski definition) is 2. The minimum Gasteiger partial charge on any atom is -0.375 e. The van der Waals surface area contributed by atoms with Crippen LogP contribution in [0, 0.1) is 0 Å². The number of carbonyl (C=O) groups is 1. The van der Waals surface area contributed by atoms with E-state index in [1.165, 1.54) is 6.20 Å². The van der Waals surface area contributed by atoms with Crippen LogP contribution < -0.4 is 10.6 Å². The summed E-state index contributed by atoms with van der Waals surface area (Å²) in [4.78, 5) is 12.0. The van der Waals surface area contributed by atoms with Gasteiger partial charge >= 0.3 is 6.18 Å². The molecule has 0 spiro atoms. The highest BCUT2D eigenvalue weighted by Crippen LogP contribution is 2.18. The van der Waals surface area contributed by atoms with Gasteiger partial charge in [-0.2, -0.15) is 18.3 Å². The van der Waals surface area contributed by atoms with E-state index in [9.17, 15) is 18.0 Å². The molecule has 0 aromatic carbocycles. The molecule has 1 saturated heterocycles. The quantitative estimate of drug-likeness (QED) is 0.863. The molecule has 0 aliphatic carbocycles. The number of alkyl halides is 3. The third kappa shape index (κ3) is 3.94. The average Bonchev–Trinajstić information content (AvgIpc) is 2.74. The second-order valence-electron chi connectivity index (χ2n) is 4.54. The lowest BCUT2D eigenvalue weighted by Crippen LogP contribution is -2.53. The molecule has 2 atom stereocenters. The lowest BCUT2D eigenvalue weighted by molar-refractivity contribution is -0.142. The summed E-state index contributed by atoms with van der Waals surface area (Å²) in [6.07, 6.45) is -2.33. The first-order chi connectivity index (χ1) is 9.35. The maximum Gasteiger partial charge on any atom is 0.408 e.